The predicted octanol–water partition coefficient (Wildman–Crippen LogP) is 1.42. The average Bonchev–Trinajstić information content (AvgIpc) is 3.40. The molecule has 3 aromatic heterocycles. The van der Waals surface area contributed by atoms with Crippen LogP contribution in [-0.4, -0.2) is 103 Å². The molecular formula is C28H32N8O5S2. The van der Waals surface area contributed by atoms with Crippen LogP contribution in [-0.2, 0) is 21.4 Å². The fourth-order valence-electron chi connectivity index (χ4n) is 5.50. The van der Waals surface area contributed by atoms with Crippen LogP contribution in [0.4, 0.5) is 11.6 Å². The molecule has 226 valence electrons. The molecule has 1 aromatic carbocycles. The van der Waals surface area contributed by atoms with Gasteiger partial charge in [-0.2, -0.15) is 4.31 Å². The Morgan fingerprint density at radius 2 is 1.58 bits per heavy atom. The zero-order valence-electron chi connectivity index (χ0n) is 23.9. The van der Waals surface area contributed by atoms with Gasteiger partial charge >= 0.3 is 0 Å². The highest BCUT2D eigenvalue weighted by Crippen LogP contribution is 2.33. The van der Waals surface area contributed by atoms with Crippen LogP contribution >= 0.6 is 11.3 Å². The van der Waals surface area contributed by atoms with E-state index in [1.165, 1.54) is 26.5 Å². The van der Waals surface area contributed by atoms with E-state index in [1.54, 1.807) is 37.4 Å². The second kappa shape index (κ2) is 11.9. The standard InChI is InChI=1S/C28H32N8O5S2/c1-20-25(43(39,40)36-16-14-34(15-17-36)28-29-8-3-9-30-28)24-26(42-20)31-19-35(27(24)38)18-23(37)33-12-10-32(11-13-33)21-4-6-22(41-2)7-5-21/h3-9,19H,10-18H2,1-2H3. The van der Waals surface area contributed by atoms with Crippen molar-refractivity contribution < 1.29 is 17.9 Å². The topological polar surface area (TPSA) is 134 Å². The molecule has 6 rings (SSSR count). The number of rotatable bonds is 7. The average molecular weight is 625 g/mol. The number of thiophene rings is 1. The lowest BCUT2D eigenvalue weighted by atomic mass is 10.2. The molecule has 5 heterocycles. The van der Waals surface area contributed by atoms with Crippen molar-refractivity contribution in [3.05, 3.63) is 64.3 Å². The van der Waals surface area contributed by atoms with E-state index in [-0.39, 0.29) is 35.8 Å². The lowest BCUT2D eigenvalue weighted by molar-refractivity contribution is -0.132. The first-order chi connectivity index (χ1) is 20.8. The van der Waals surface area contributed by atoms with Crippen molar-refractivity contribution in [2.24, 2.45) is 0 Å². The lowest BCUT2D eigenvalue weighted by Gasteiger charge is -2.36. The zero-order chi connectivity index (χ0) is 30.1. The summed E-state index contributed by atoms with van der Waals surface area (Å²) in [5.41, 5.74) is 0.518. The molecule has 0 saturated carbocycles. The van der Waals surface area contributed by atoms with Gasteiger partial charge in [-0.05, 0) is 37.3 Å². The Kier molecular flexibility index (Phi) is 8.03. The van der Waals surface area contributed by atoms with E-state index in [0.29, 0.717) is 54.9 Å². The number of hydrogen-bond acceptors (Lipinski definition) is 11. The maximum absolute atomic E-state index is 13.9. The Hall–Kier alpha value is -4.08. The number of sulfonamides is 1. The van der Waals surface area contributed by atoms with Gasteiger partial charge in [0.25, 0.3) is 5.56 Å². The molecule has 0 N–H and O–H groups in total. The van der Waals surface area contributed by atoms with Gasteiger partial charge in [-0.25, -0.2) is 23.4 Å². The van der Waals surface area contributed by atoms with E-state index in [2.05, 4.69) is 19.9 Å². The molecule has 0 atom stereocenters. The largest absolute Gasteiger partial charge is 0.497 e. The highest BCUT2D eigenvalue weighted by molar-refractivity contribution is 7.89. The van der Waals surface area contributed by atoms with E-state index in [0.717, 1.165) is 11.4 Å². The molecule has 2 aliphatic rings. The first kappa shape index (κ1) is 29.0. The summed E-state index contributed by atoms with van der Waals surface area (Å²) in [5.74, 6) is 1.12. The van der Waals surface area contributed by atoms with Crippen molar-refractivity contribution in [1.29, 1.82) is 0 Å². The first-order valence-corrected chi connectivity index (χ1v) is 16.2. The molecule has 0 spiro atoms. The van der Waals surface area contributed by atoms with Gasteiger partial charge in [-0.3, -0.25) is 14.2 Å². The van der Waals surface area contributed by atoms with Gasteiger partial charge in [-0.1, -0.05) is 0 Å². The van der Waals surface area contributed by atoms with Crippen molar-refractivity contribution >= 4 is 49.1 Å². The number of methoxy groups -OCH3 is 1. The number of ether oxygens (including phenoxy) is 1. The molecule has 13 nitrogen and oxygen atoms in total. The SMILES string of the molecule is COc1ccc(N2CCN(C(=O)Cn3cnc4sc(C)c(S(=O)(=O)N5CCN(c6ncccn6)CC5)c4c3=O)CC2)cc1. The molecular weight excluding hydrogens is 592 g/mol. The molecule has 0 unspecified atom stereocenters. The maximum Gasteiger partial charge on any atom is 0.263 e. The molecule has 2 aliphatic heterocycles. The van der Waals surface area contributed by atoms with Crippen LogP contribution in [0.25, 0.3) is 10.2 Å². The van der Waals surface area contributed by atoms with Crippen LogP contribution in [0.3, 0.4) is 0 Å². The van der Waals surface area contributed by atoms with Crippen molar-refractivity contribution in [3.8, 4) is 5.75 Å². The normalized spacial score (nSPS) is 16.6. The molecule has 15 heteroatoms. The van der Waals surface area contributed by atoms with Crippen molar-refractivity contribution in [2.45, 2.75) is 18.4 Å². The van der Waals surface area contributed by atoms with Gasteiger partial charge < -0.3 is 19.4 Å². The number of nitrogens with zero attached hydrogens (tertiary/aromatic N) is 8. The molecule has 0 bridgehead atoms. The number of piperazine rings is 2. The number of carbonyl (C=O) groups excluding carboxylic acids is 1. The van der Waals surface area contributed by atoms with Crippen LogP contribution in [0.15, 0.2) is 58.7 Å². The van der Waals surface area contributed by atoms with Crippen LogP contribution < -0.4 is 20.1 Å². The monoisotopic (exact) mass is 624 g/mol. The van der Waals surface area contributed by atoms with Crippen LogP contribution in [0.5, 0.6) is 5.75 Å². The van der Waals surface area contributed by atoms with E-state index >= 15 is 0 Å². The molecule has 43 heavy (non-hydrogen) atoms. The summed E-state index contributed by atoms with van der Waals surface area (Å²) >= 11 is 1.17. The van der Waals surface area contributed by atoms with Gasteiger partial charge in [-0.15, -0.1) is 11.3 Å². The summed E-state index contributed by atoms with van der Waals surface area (Å²) in [6, 6.07) is 9.52. The Balaban J connectivity index is 1.17. The fourth-order valence-corrected chi connectivity index (χ4v) is 8.59. The second-order valence-corrected chi connectivity index (χ2v) is 13.4. The summed E-state index contributed by atoms with van der Waals surface area (Å²) in [5, 5.41) is 0.0379. The van der Waals surface area contributed by atoms with Gasteiger partial charge in [0.15, 0.2) is 0 Å². The highest BCUT2D eigenvalue weighted by atomic mass is 32.2. The van der Waals surface area contributed by atoms with E-state index < -0.39 is 15.6 Å². The van der Waals surface area contributed by atoms with E-state index in [4.69, 9.17) is 4.74 Å². The number of amides is 1. The Morgan fingerprint density at radius 1 is 0.930 bits per heavy atom. The highest BCUT2D eigenvalue weighted by Gasteiger charge is 2.34. The molecule has 4 aromatic rings. The minimum atomic E-state index is -3.99. The Labute approximate surface area is 253 Å². The van der Waals surface area contributed by atoms with Gasteiger partial charge in [0.05, 0.1) is 18.8 Å². The van der Waals surface area contributed by atoms with Crippen molar-refractivity contribution in [3.63, 3.8) is 0 Å². The number of hydrogen-bond donors (Lipinski definition) is 0. The number of anilines is 2. The quantitative estimate of drug-likeness (QED) is 0.297. The number of benzene rings is 1. The van der Waals surface area contributed by atoms with Crippen molar-refractivity contribution in [1.82, 2.24) is 28.7 Å². The number of carbonyl (C=O) groups is 1. The first-order valence-electron chi connectivity index (χ1n) is 13.9. The third kappa shape index (κ3) is 5.67. The smallest absolute Gasteiger partial charge is 0.263 e. The fraction of sp³-hybridized carbons (Fsp3) is 0.393. The lowest BCUT2D eigenvalue weighted by Crippen LogP contribution is -2.50. The summed E-state index contributed by atoms with van der Waals surface area (Å²) in [4.78, 5) is 46.5. The molecule has 1 amide bonds. The summed E-state index contributed by atoms with van der Waals surface area (Å²) in [7, 11) is -2.37. The summed E-state index contributed by atoms with van der Waals surface area (Å²) in [6.07, 6.45) is 4.64. The summed E-state index contributed by atoms with van der Waals surface area (Å²) in [6.45, 7) is 5.09. The summed E-state index contributed by atoms with van der Waals surface area (Å²) < 4.78 is 35.6. The minimum Gasteiger partial charge on any atom is -0.497 e. The van der Waals surface area contributed by atoms with Crippen LogP contribution in [0.2, 0.25) is 0 Å². The second-order valence-electron chi connectivity index (χ2n) is 10.4. The van der Waals surface area contributed by atoms with Crippen LogP contribution in [0.1, 0.15) is 4.88 Å². The molecule has 0 radical (unpaired) electrons. The van der Waals surface area contributed by atoms with Crippen LogP contribution in [0, 0.1) is 6.92 Å². The maximum atomic E-state index is 13.9. The van der Waals surface area contributed by atoms with Crippen molar-refractivity contribution in [2.75, 3.05) is 69.3 Å². The molecule has 2 fully saturated rings. The van der Waals surface area contributed by atoms with E-state index in [9.17, 15) is 18.0 Å². The number of aromatic nitrogens is 4. The zero-order valence-corrected chi connectivity index (χ0v) is 25.6. The predicted molar refractivity (Wildman–Crippen MR) is 163 cm³/mol. The molecule has 2 saturated heterocycles. The third-order valence-corrected chi connectivity index (χ3v) is 11.1. The molecule has 0 aliphatic carbocycles. The number of fused-ring (bicyclic) bond motifs is 1. The third-order valence-electron chi connectivity index (χ3n) is 7.85. The Bertz CT molecular complexity index is 1780. The van der Waals surface area contributed by atoms with Gasteiger partial charge in [0.2, 0.25) is 21.9 Å². The number of aryl methyl sites for hydroxylation is 1. The van der Waals surface area contributed by atoms with E-state index in [1.807, 2.05) is 29.2 Å². The van der Waals surface area contributed by atoms with Gasteiger partial charge in [0.1, 0.15) is 22.0 Å². The van der Waals surface area contributed by atoms with Gasteiger partial charge in [0, 0.05) is 75.3 Å². The minimum absolute atomic E-state index is 0.0238. The Morgan fingerprint density at radius 3 is 2.23 bits per heavy atom.